The Morgan fingerprint density at radius 3 is 2.76 bits per heavy atom. The molecule has 2 aliphatic heterocycles. The minimum absolute atomic E-state index is 0.0909. The molecule has 192 valence electrons. The molecule has 2 aromatic heterocycles. The number of carbonyl (C=O) groups is 2. The molecule has 0 unspecified atom stereocenters. The summed E-state index contributed by atoms with van der Waals surface area (Å²) in [6.07, 6.45) is 1.81. The Bertz CT molecular complexity index is 1750. The highest BCUT2D eigenvalue weighted by molar-refractivity contribution is 7.23. The first-order chi connectivity index (χ1) is 18.2. The number of nitrogens with two attached hydrogens (primary N) is 1. The molecule has 1 fully saturated rings. The Kier molecular flexibility index (Phi) is 5.47. The van der Waals surface area contributed by atoms with Gasteiger partial charge in [0.15, 0.2) is 0 Å². The summed E-state index contributed by atoms with van der Waals surface area (Å²) in [6.45, 7) is 6.77. The number of hydrogen-bond donors (Lipinski definition) is 1. The van der Waals surface area contributed by atoms with E-state index in [1.54, 1.807) is 21.4 Å². The van der Waals surface area contributed by atoms with Gasteiger partial charge in [0, 0.05) is 42.5 Å². The van der Waals surface area contributed by atoms with Crippen molar-refractivity contribution < 1.29 is 18.4 Å². The van der Waals surface area contributed by atoms with Gasteiger partial charge in [-0.3, -0.25) is 14.3 Å². The predicted molar refractivity (Wildman–Crippen MR) is 141 cm³/mol. The highest BCUT2D eigenvalue weighted by atomic mass is 32.1. The molecule has 8 nitrogen and oxygen atoms in total. The van der Waals surface area contributed by atoms with Gasteiger partial charge >= 0.3 is 0 Å². The molecule has 2 N–H and O–H groups in total. The highest BCUT2D eigenvalue weighted by Gasteiger charge is 2.36. The molecule has 4 aromatic rings. The van der Waals surface area contributed by atoms with Crippen molar-refractivity contribution in [1.82, 2.24) is 19.6 Å². The summed E-state index contributed by atoms with van der Waals surface area (Å²) in [5.74, 6) is -1.75. The summed E-state index contributed by atoms with van der Waals surface area (Å²) < 4.78 is 32.7. The lowest BCUT2D eigenvalue weighted by Gasteiger charge is -2.42. The lowest BCUT2D eigenvalue weighted by molar-refractivity contribution is -0.128. The van der Waals surface area contributed by atoms with Gasteiger partial charge in [-0.05, 0) is 37.1 Å². The maximum atomic E-state index is 16.1. The predicted octanol–water partition coefficient (Wildman–Crippen LogP) is 4.20. The van der Waals surface area contributed by atoms with E-state index in [2.05, 4.69) is 11.7 Å². The summed E-state index contributed by atoms with van der Waals surface area (Å²) in [4.78, 5) is 29.4. The number of amides is 2. The fourth-order valence-electron chi connectivity index (χ4n) is 5.76. The van der Waals surface area contributed by atoms with E-state index in [1.165, 1.54) is 24.3 Å². The number of thiophene rings is 1. The molecule has 0 radical (unpaired) electrons. The topological polar surface area (TPSA) is 108 Å². The number of hydrogen-bond acceptors (Lipinski definition) is 6. The number of anilines is 1. The van der Waals surface area contributed by atoms with Crippen LogP contribution in [0.5, 0.6) is 0 Å². The van der Waals surface area contributed by atoms with Gasteiger partial charge in [0.2, 0.25) is 5.91 Å². The van der Waals surface area contributed by atoms with Crippen molar-refractivity contribution in [3.05, 3.63) is 59.3 Å². The number of rotatable bonds is 2. The third-order valence-electron chi connectivity index (χ3n) is 7.48. The fourth-order valence-corrected chi connectivity index (χ4v) is 6.71. The van der Waals surface area contributed by atoms with Gasteiger partial charge in [0.25, 0.3) is 5.91 Å². The number of nitrogen functional groups attached to an aromatic ring is 1. The number of benzene rings is 2. The Morgan fingerprint density at radius 1 is 1.24 bits per heavy atom. The second kappa shape index (κ2) is 8.63. The van der Waals surface area contributed by atoms with E-state index < -0.39 is 11.6 Å². The number of piperazine rings is 1. The van der Waals surface area contributed by atoms with Gasteiger partial charge in [0.05, 0.1) is 33.1 Å². The van der Waals surface area contributed by atoms with Crippen molar-refractivity contribution in [2.75, 3.05) is 25.4 Å². The molecule has 0 aliphatic carbocycles. The molecule has 2 aromatic carbocycles. The Balaban J connectivity index is 1.57. The quantitative estimate of drug-likeness (QED) is 0.389. The molecule has 2 amide bonds. The normalized spacial score (nSPS) is 17.3. The molecular formula is C27H22F2N6O2S. The summed E-state index contributed by atoms with van der Waals surface area (Å²) in [5.41, 5.74) is 7.75. The van der Waals surface area contributed by atoms with Crippen molar-refractivity contribution in [2.24, 2.45) is 0 Å². The van der Waals surface area contributed by atoms with Gasteiger partial charge in [0.1, 0.15) is 22.7 Å². The van der Waals surface area contributed by atoms with Crippen molar-refractivity contribution in [2.45, 2.75) is 25.9 Å². The third-order valence-corrected chi connectivity index (χ3v) is 8.50. The monoisotopic (exact) mass is 532 g/mol. The SMILES string of the molecule is C=CC(=O)N1CCN2C(=O)c3cc(F)c(-c4ccc(F)c5sc(N)c(C#N)c45)c4c(C)nn(c34)CC[C@H]2C1. The first kappa shape index (κ1) is 24.1. The van der Waals surface area contributed by atoms with Crippen LogP contribution in [0.4, 0.5) is 13.8 Å². The second-order valence-corrected chi connectivity index (χ2v) is 10.5. The Labute approximate surface area is 220 Å². The van der Waals surface area contributed by atoms with Crippen LogP contribution in [0.25, 0.3) is 32.1 Å². The van der Waals surface area contributed by atoms with Crippen LogP contribution in [-0.2, 0) is 11.3 Å². The van der Waals surface area contributed by atoms with Crippen LogP contribution in [-0.4, -0.2) is 57.1 Å². The average molecular weight is 533 g/mol. The lowest BCUT2D eigenvalue weighted by Crippen LogP contribution is -2.57. The van der Waals surface area contributed by atoms with Crippen LogP contribution in [0.1, 0.15) is 28.0 Å². The van der Waals surface area contributed by atoms with Gasteiger partial charge < -0.3 is 15.5 Å². The van der Waals surface area contributed by atoms with Crippen molar-refractivity contribution in [3.63, 3.8) is 0 Å². The van der Waals surface area contributed by atoms with Gasteiger partial charge in [-0.15, -0.1) is 11.3 Å². The van der Waals surface area contributed by atoms with Crippen molar-refractivity contribution >= 4 is 49.1 Å². The Morgan fingerprint density at radius 2 is 2.03 bits per heavy atom. The maximum absolute atomic E-state index is 16.1. The number of fused-ring (bicyclic) bond motifs is 2. The zero-order valence-corrected chi connectivity index (χ0v) is 21.2. The van der Waals surface area contributed by atoms with Gasteiger partial charge in [-0.2, -0.15) is 10.4 Å². The summed E-state index contributed by atoms with van der Waals surface area (Å²) in [5, 5.41) is 15.2. The minimum Gasteiger partial charge on any atom is -0.389 e. The van der Waals surface area contributed by atoms with E-state index in [9.17, 15) is 19.2 Å². The Hall–Kier alpha value is -4.30. The first-order valence-electron chi connectivity index (χ1n) is 12.1. The van der Waals surface area contributed by atoms with Crippen LogP contribution in [0.2, 0.25) is 0 Å². The molecule has 38 heavy (non-hydrogen) atoms. The van der Waals surface area contributed by atoms with E-state index in [0.717, 1.165) is 11.3 Å². The standard InChI is InChI=1S/C27H22F2N6O2S/c1-3-20(36)33-8-9-34-14(12-33)6-7-35-24-16(27(34)37)10-19(29)23(21(24)13(2)32-35)15-4-5-18(28)25-22(15)17(11-30)26(31)38-25/h3-5,10,14H,1,6-9,12,31H2,2H3/t14-/m0/s1. The van der Waals surface area contributed by atoms with E-state index in [-0.39, 0.29) is 49.6 Å². The molecule has 0 bridgehead atoms. The summed E-state index contributed by atoms with van der Waals surface area (Å²) in [6, 6.07) is 5.66. The summed E-state index contributed by atoms with van der Waals surface area (Å²) >= 11 is 0.943. The minimum atomic E-state index is -0.678. The number of nitriles is 1. The van der Waals surface area contributed by atoms with E-state index in [1.807, 2.05) is 6.07 Å². The van der Waals surface area contributed by atoms with E-state index in [0.29, 0.717) is 54.8 Å². The molecule has 4 heterocycles. The highest BCUT2D eigenvalue weighted by Crippen LogP contribution is 2.45. The van der Waals surface area contributed by atoms with Crippen LogP contribution in [0.15, 0.2) is 30.9 Å². The molecule has 2 aliphatic rings. The maximum Gasteiger partial charge on any atom is 0.256 e. The number of aromatic nitrogens is 2. The number of halogens is 2. The van der Waals surface area contributed by atoms with Crippen molar-refractivity contribution in [3.8, 4) is 17.2 Å². The summed E-state index contributed by atoms with van der Waals surface area (Å²) in [7, 11) is 0. The molecular weight excluding hydrogens is 510 g/mol. The van der Waals surface area contributed by atoms with Crippen LogP contribution in [0, 0.1) is 29.9 Å². The zero-order valence-electron chi connectivity index (χ0n) is 20.4. The largest absolute Gasteiger partial charge is 0.389 e. The number of nitrogens with zero attached hydrogens (tertiary/aromatic N) is 5. The second-order valence-electron chi connectivity index (χ2n) is 9.49. The van der Waals surface area contributed by atoms with E-state index >= 15 is 4.39 Å². The number of carbonyl (C=O) groups excluding carboxylic acids is 2. The molecule has 1 saturated heterocycles. The lowest BCUT2D eigenvalue weighted by atomic mass is 9.92. The van der Waals surface area contributed by atoms with Crippen LogP contribution < -0.4 is 5.73 Å². The van der Waals surface area contributed by atoms with Crippen LogP contribution in [0.3, 0.4) is 0 Å². The molecule has 0 spiro atoms. The van der Waals surface area contributed by atoms with E-state index in [4.69, 9.17) is 5.73 Å². The number of aryl methyl sites for hydroxylation is 2. The van der Waals surface area contributed by atoms with Gasteiger partial charge in [-0.1, -0.05) is 12.6 Å². The zero-order chi connectivity index (χ0) is 26.9. The van der Waals surface area contributed by atoms with Crippen LogP contribution >= 0.6 is 11.3 Å². The van der Waals surface area contributed by atoms with Gasteiger partial charge in [-0.25, -0.2) is 8.78 Å². The van der Waals surface area contributed by atoms with Crippen molar-refractivity contribution in [1.29, 1.82) is 5.26 Å². The average Bonchev–Trinajstić information content (AvgIpc) is 3.42. The molecule has 11 heteroatoms. The molecule has 1 atom stereocenters. The molecule has 6 rings (SSSR count). The third kappa shape index (κ3) is 3.33. The first-order valence-corrected chi connectivity index (χ1v) is 12.9. The molecule has 0 saturated carbocycles. The fraction of sp³-hybridized carbons (Fsp3) is 0.259. The smallest absolute Gasteiger partial charge is 0.256 e.